The second-order valence-electron chi connectivity index (χ2n) is 5.07. The fourth-order valence-corrected chi connectivity index (χ4v) is 1.45. The van der Waals surface area contributed by atoms with Gasteiger partial charge in [0, 0.05) is 24.5 Å². The van der Waals surface area contributed by atoms with Crippen LogP contribution >= 0.6 is 0 Å². The lowest BCUT2D eigenvalue weighted by Crippen LogP contribution is -2.22. The van der Waals surface area contributed by atoms with E-state index in [9.17, 15) is 0 Å². The lowest BCUT2D eigenvalue weighted by atomic mass is 10.2. The topological polar surface area (TPSA) is 43.4 Å². The molecule has 0 aliphatic carbocycles. The molecule has 0 aliphatic heterocycles. The summed E-state index contributed by atoms with van der Waals surface area (Å²) < 4.78 is 11.3. The van der Waals surface area contributed by atoms with E-state index in [1.165, 1.54) is 0 Å². The van der Waals surface area contributed by atoms with Crippen molar-refractivity contribution in [2.75, 3.05) is 19.8 Å². The van der Waals surface area contributed by atoms with Crippen LogP contribution in [0.1, 0.15) is 33.3 Å². The van der Waals surface area contributed by atoms with Gasteiger partial charge in [0.15, 0.2) is 0 Å². The number of aromatic nitrogens is 1. The maximum Gasteiger partial charge on any atom is 0.126 e. The molecule has 0 bridgehead atoms. The van der Waals surface area contributed by atoms with E-state index in [1.807, 2.05) is 33.0 Å². The third-order valence-corrected chi connectivity index (χ3v) is 2.30. The van der Waals surface area contributed by atoms with Crippen LogP contribution in [0, 0.1) is 0 Å². The summed E-state index contributed by atoms with van der Waals surface area (Å²) in [5, 5.41) is 3.27. The molecule has 0 fully saturated rings. The highest BCUT2D eigenvalue weighted by molar-refractivity contribution is 5.29. The zero-order valence-electron chi connectivity index (χ0n) is 11.8. The summed E-state index contributed by atoms with van der Waals surface area (Å²) in [6.45, 7) is 11.0. The van der Waals surface area contributed by atoms with Crippen molar-refractivity contribution in [3.05, 3.63) is 24.0 Å². The van der Waals surface area contributed by atoms with Crippen LogP contribution in [0.25, 0.3) is 0 Å². The highest BCUT2D eigenvalue weighted by atomic mass is 16.5. The first-order chi connectivity index (χ1) is 8.53. The van der Waals surface area contributed by atoms with Crippen LogP contribution in [0.15, 0.2) is 18.5 Å². The van der Waals surface area contributed by atoms with Crippen molar-refractivity contribution in [2.24, 2.45) is 0 Å². The van der Waals surface area contributed by atoms with Gasteiger partial charge in [-0.25, -0.2) is 0 Å². The van der Waals surface area contributed by atoms with E-state index in [4.69, 9.17) is 9.47 Å². The predicted octanol–water partition coefficient (Wildman–Crippen LogP) is 2.39. The van der Waals surface area contributed by atoms with Gasteiger partial charge in [-0.1, -0.05) is 6.92 Å². The number of pyridine rings is 1. The number of nitrogens with one attached hydrogen (secondary N) is 1. The summed E-state index contributed by atoms with van der Waals surface area (Å²) in [5.41, 5.74) is 0.962. The Morgan fingerprint density at radius 2 is 2.06 bits per heavy atom. The fraction of sp³-hybridized carbons (Fsp3) is 0.643. The van der Waals surface area contributed by atoms with E-state index in [-0.39, 0.29) is 5.60 Å². The molecule has 4 nitrogen and oxygen atoms in total. The molecular formula is C14H24N2O2. The lowest BCUT2D eigenvalue weighted by Gasteiger charge is -2.20. The van der Waals surface area contributed by atoms with Crippen LogP contribution in [0.3, 0.4) is 0 Å². The monoisotopic (exact) mass is 252 g/mol. The first-order valence-electron chi connectivity index (χ1n) is 6.43. The van der Waals surface area contributed by atoms with Crippen LogP contribution in [-0.4, -0.2) is 30.3 Å². The van der Waals surface area contributed by atoms with Crippen molar-refractivity contribution in [3.8, 4) is 5.75 Å². The molecular weight excluding hydrogens is 228 g/mol. The van der Waals surface area contributed by atoms with E-state index in [0.29, 0.717) is 13.2 Å². The fourth-order valence-electron chi connectivity index (χ4n) is 1.45. The number of hydrogen-bond acceptors (Lipinski definition) is 4. The average molecular weight is 252 g/mol. The van der Waals surface area contributed by atoms with Crippen LogP contribution in [0.4, 0.5) is 0 Å². The molecule has 0 unspecified atom stereocenters. The summed E-state index contributed by atoms with van der Waals surface area (Å²) in [6.07, 6.45) is 3.58. The SMILES string of the molecule is CCNCc1cnccc1OCCOC(C)(C)C. The van der Waals surface area contributed by atoms with Gasteiger partial charge in [0.05, 0.1) is 12.2 Å². The minimum atomic E-state index is -0.117. The van der Waals surface area contributed by atoms with Crippen molar-refractivity contribution < 1.29 is 9.47 Å². The molecule has 1 heterocycles. The van der Waals surface area contributed by atoms with Crippen LogP contribution in [0.5, 0.6) is 5.75 Å². The Balaban J connectivity index is 2.41. The van der Waals surface area contributed by atoms with Gasteiger partial charge in [-0.3, -0.25) is 4.98 Å². The lowest BCUT2D eigenvalue weighted by molar-refractivity contribution is -0.0164. The van der Waals surface area contributed by atoms with E-state index >= 15 is 0 Å². The second kappa shape index (κ2) is 7.34. The van der Waals surface area contributed by atoms with Crippen molar-refractivity contribution >= 4 is 0 Å². The van der Waals surface area contributed by atoms with Gasteiger partial charge in [0.25, 0.3) is 0 Å². The minimum Gasteiger partial charge on any atom is -0.491 e. The van der Waals surface area contributed by atoms with Crippen molar-refractivity contribution in [1.29, 1.82) is 0 Å². The molecule has 18 heavy (non-hydrogen) atoms. The molecule has 0 radical (unpaired) electrons. The number of rotatable bonds is 7. The van der Waals surface area contributed by atoms with Gasteiger partial charge in [-0.15, -0.1) is 0 Å². The van der Waals surface area contributed by atoms with E-state index in [1.54, 1.807) is 6.20 Å². The molecule has 1 N–H and O–H groups in total. The van der Waals surface area contributed by atoms with Crippen molar-refractivity contribution in [2.45, 2.75) is 39.8 Å². The average Bonchev–Trinajstić information content (AvgIpc) is 2.32. The summed E-state index contributed by atoms with van der Waals surface area (Å²) in [4.78, 5) is 4.11. The van der Waals surface area contributed by atoms with Crippen LogP contribution < -0.4 is 10.1 Å². The molecule has 0 aliphatic rings. The van der Waals surface area contributed by atoms with E-state index in [0.717, 1.165) is 24.4 Å². The molecule has 0 spiro atoms. The van der Waals surface area contributed by atoms with Gasteiger partial charge in [-0.05, 0) is 33.4 Å². The standard InChI is InChI=1S/C14H24N2O2/c1-5-15-10-12-11-16-7-6-13(12)17-8-9-18-14(2,3)4/h6-7,11,15H,5,8-10H2,1-4H3. The summed E-state index contributed by atoms with van der Waals surface area (Å²) in [5.74, 6) is 0.878. The van der Waals surface area contributed by atoms with Gasteiger partial charge in [0.1, 0.15) is 12.4 Å². The minimum absolute atomic E-state index is 0.117. The van der Waals surface area contributed by atoms with Gasteiger partial charge in [0.2, 0.25) is 0 Å². The largest absolute Gasteiger partial charge is 0.491 e. The Kier molecular flexibility index (Phi) is 6.09. The predicted molar refractivity (Wildman–Crippen MR) is 72.8 cm³/mol. The number of ether oxygens (including phenoxy) is 2. The molecule has 4 heteroatoms. The molecule has 1 aromatic heterocycles. The Bertz CT molecular complexity index is 348. The maximum absolute atomic E-state index is 5.72. The van der Waals surface area contributed by atoms with Crippen molar-refractivity contribution in [3.63, 3.8) is 0 Å². The Hall–Kier alpha value is -1.13. The van der Waals surface area contributed by atoms with E-state index < -0.39 is 0 Å². The first kappa shape index (κ1) is 14.9. The van der Waals surface area contributed by atoms with E-state index in [2.05, 4.69) is 17.2 Å². The van der Waals surface area contributed by atoms with Crippen LogP contribution in [0.2, 0.25) is 0 Å². The molecule has 102 valence electrons. The molecule has 0 aromatic carbocycles. The number of hydrogen-bond donors (Lipinski definition) is 1. The highest BCUT2D eigenvalue weighted by Crippen LogP contribution is 2.16. The Morgan fingerprint density at radius 3 is 2.72 bits per heavy atom. The smallest absolute Gasteiger partial charge is 0.126 e. The zero-order chi connectivity index (χ0) is 13.4. The Labute approximate surface area is 110 Å². The second-order valence-corrected chi connectivity index (χ2v) is 5.07. The highest BCUT2D eigenvalue weighted by Gasteiger charge is 2.09. The first-order valence-corrected chi connectivity index (χ1v) is 6.43. The maximum atomic E-state index is 5.72. The number of nitrogens with zero attached hydrogens (tertiary/aromatic N) is 1. The quantitative estimate of drug-likeness (QED) is 0.757. The molecule has 1 rings (SSSR count). The summed E-state index contributed by atoms with van der Waals surface area (Å²) in [7, 11) is 0. The molecule has 0 saturated carbocycles. The van der Waals surface area contributed by atoms with Gasteiger partial charge >= 0.3 is 0 Å². The molecule has 0 atom stereocenters. The third kappa shape index (κ3) is 5.98. The van der Waals surface area contributed by atoms with Gasteiger partial charge < -0.3 is 14.8 Å². The summed E-state index contributed by atoms with van der Waals surface area (Å²) in [6, 6.07) is 1.89. The zero-order valence-corrected chi connectivity index (χ0v) is 11.8. The Morgan fingerprint density at radius 1 is 1.28 bits per heavy atom. The molecule has 1 aromatic rings. The van der Waals surface area contributed by atoms with Crippen LogP contribution in [-0.2, 0) is 11.3 Å². The summed E-state index contributed by atoms with van der Waals surface area (Å²) >= 11 is 0. The molecule has 0 amide bonds. The molecule has 0 saturated heterocycles. The third-order valence-electron chi connectivity index (χ3n) is 2.30. The normalized spacial score (nSPS) is 11.6. The van der Waals surface area contributed by atoms with Crippen molar-refractivity contribution in [1.82, 2.24) is 10.3 Å². The van der Waals surface area contributed by atoms with Gasteiger partial charge in [-0.2, -0.15) is 0 Å².